The number of amides is 1. The second-order valence-corrected chi connectivity index (χ2v) is 7.90. The first-order valence-corrected chi connectivity index (χ1v) is 9.69. The maximum absolute atomic E-state index is 12.8. The van der Waals surface area contributed by atoms with Gasteiger partial charge in [-0.3, -0.25) is 4.79 Å². The van der Waals surface area contributed by atoms with E-state index in [1.165, 1.54) is 22.7 Å². The highest BCUT2D eigenvalue weighted by Gasteiger charge is 2.29. The summed E-state index contributed by atoms with van der Waals surface area (Å²) in [6.45, 7) is 0.514. The van der Waals surface area contributed by atoms with Crippen LogP contribution in [0.2, 0.25) is 0 Å². The fourth-order valence-electron chi connectivity index (χ4n) is 2.91. The van der Waals surface area contributed by atoms with E-state index >= 15 is 0 Å². The summed E-state index contributed by atoms with van der Waals surface area (Å²) in [4.78, 5) is 11.9. The highest BCUT2D eigenvalue weighted by molar-refractivity contribution is 7.88. The molecule has 0 spiro atoms. The third-order valence-electron chi connectivity index (χ3n) is 4.12. The van der Waals surface area contributed by atoms with Crippen LogP contribution in [0.1, 0.15) is 37.7 Å². The van der Waals surface area contributed by atoms with Gasteiger partial charge in [0.2, 0.25) is 15.9 Å². The fourth-order valence-corrected chi connectivity index (χ4v) is 4.09. The van der Waals surface area contributed by atoms with E-state index in [-0.39, 0.29) is 30.7 Å². The molecule has 7 heteroatoms. The molecule has 2 rings (SSSR count). The fraction of sp³-hybridized carbons (Fsp3) is 0.562. The van der Waals surface area contributed by atoms with Crippen LogP contribution in [0.15, 0.2) is 24.3 Å². The molecule has 23 heavy (non-hydrogen) atoms. The molecular weight excluding hydrogens is 319 g/mol. The van der Waals surface area contributed by atoms with Gasteiger partial charge in [-0.15, -0.1) is 0 Å². The molecule has 0 bridgehead atoms. The van der Waals surface area contributed by atoms with Crippen molar-refractivity contribution in [3.8, 4) is 0 Å². The summed E-state index contributed by atoms with van der Waals surface area (Å²) in [5.41, 5.74) is 0.801. The Morgan fingerprint density at radius 2 is 1.87 bits per heavy atom. The van der Waals surface area contributed by atoms with Gasteiger partial charge in [-0.25, -0.2) is 12.8 Å². The van der Waals surface area contributed by atoms with E-state index in [1.54, 1.807) is 12.1 Å². The lowest BCUT2D eigenvalue weighted by atomic mass is 10.2. The van der Waals surface area contributed by atoms with Crippen LogP contribution in [0.5, 0.6) is 0 Å². The van der Waals surface area contributed by atoms with E-state index in [9.17, 15) is 17.6 Å². The van der Waals surface area contributed by atoms with Gasteiger partial charge in [-0.05, 0) is 30.5 Å². The summed E-state index contributed by atoms with van der Waals surface area (Å²) in [6.07, 6.45) is 5.13. The zero-order chi connectivity index (χ0) is 16.9. The van der Waals surface area contributed by atoms with Crippen molar-refractivity contribution in [1.29, 1.82) is 0 Å². The van der Waals surface area contributed by atoms with Crippen molar-refractivity contribution in [3.63, 3.8) is 0 Å². The third-order valence-corrected chi connectivity index (χ3v) is 5.45. The number of nitrogens with zero attached hydrogens (tertiary/aromatic N) is 1. The minimum Gasteiger partial charge on any atom is -0.352 e. The van der Waals surface area contributed by atoms with Gasteiger partial charge in [-0.2, -0.15) is 4.31 Å². The highest BCUT2D eigenvalue weighted by atomic mass is 32.2. The van der Waals surface area contributed by atoms with Crippen molar-refractivity contribution in [3.05, 3.63) is 35.6 Å². The van der Waals surface area contributed by atoms with Gasteiger partial charge in [0.15, 0.2) is 0 Å². The zero-order valence-corrected chi connectivity index (χ0v) is 14.1. The minimum absolute atomic E-state index is 0.0231. The van der Waals surface area contributed by atoms with Crippen LogP contribution in [0, 0.1) is 5.82 Å². The molecule has 1 aliphatic rings. The van der Waals surface area contributed by atoms with E-state index < -0.39 is 10.0 Å². The molecule has 5 nitrogen and oxygen atoms in total. The lowest BCUT2D eigenvalue weighted by Crippen LogP contribution is -2.40. The topological polar surface area (TPSA) is 66.5 Å². The second kappa shape index (κ2) is 7.88. The number of hydrogen-bond acceptors (Lipinski definition) is 3. The van der Waals surface area contributed by atoms with Gasteiger partial charge in [-0.1, -0.05) is 25.0 Å². The number of rotatable bonds is 7. The molecule has 0 aliphatic heterocycles. The molecule has 0 atom stereocenters. The Hall–Kier alpha value is -1.47. The molecule has 128 valence electrons. The molecule has 1 amide bonds. The van der Waals surface area contributed by atoms with Crippen molar-refractivity contribution in [2.75, 3.05) is 12.8 Å². The van der Waals surface area contributed by atoms with Crippen molar-refractivity contribution in [2.45, 2.75) is 44.7 Å². The first-order chi connectivity index (χ1) is 10.9. The monoisotopic (exact) mass is 342 g/mol. The summed E-state index contributed by atoms with van der Waals surface area (Å²) in [5.74, 6) is -0.526. The number of carbonyl (C=O) groups excluding carboxylic acids is 1. The van der Waals surface area contributed by atoms with Crippen molar-refractivity contribution in [1.82, 2.24) is 9.62 Å². The van der Waals surface area contributed by atoms with E-state index in [0.29, 0.717) is 6.54 Å². The van der Waals surface area contributed by atoms with E-state index in [1.807, 2.05) is 0 Å². The first kappa shape index (κ1) is 17.9. The Morgan fingerprint density at radius 3 is 2.43 bits per heavy atom. The smallest absolute Gasteiger partial charge is 0.221 e. The normalized spacial score (nSPS) is 16.0. The SMILES string of the molecule is CS(=O)(=O)N(CCC(=O)NCc1ccc(F)cc1)C1CCCC1. The van der Waals surface area contributed by atoms with Crippen LogP contribution in [-0.4, -0.2) is 37.5 Å². The van der Waals surface area contributed by atoms with Gasteiger partial charge in [0.1, 0.15) is 5.82 Å². The third kappa shape index (κ3) is 5.58. The second-order valence-electron chi connectivity index (χ2n) is 5.97. The van der Waals surface area contributed by atoms with Crippen molar-refractivity contribution in [2.24, 2.45) is 0 Å². The highest BCUT2D eigenvalue weighted by Crippen LogP contribution is 2.25. The minimum atomic E-state index is -3.30. The molecule has 1 aromatic rings. The van der Waals surface area contributed by atoms with Crippen LogP contribution in [0.25, 0.3) is 0 Å². The number of hydrogen-bond donors (Lipinski definition) is 1. The Labute approximate surface area is 136 Å². The van der Waals surface area contributed by atoms with Crippen LogP contribution in [0.4, 0.5) is 4.39 Å². The summed E-state index contributed by atoms with van der Waals surface area (Å²) in [7, 11) is -3.30. The predicted octanol–water partition coefficient (Wildman–Crippen LogP) is 2.04. The molecule has 0 unspecified atom stereocenters. The number of benzene rings is 1. The number of sulfonamides is 1. The molecule has 1 saturated carbocycles. The number of carbonyl (C=O) groups is 1. The van der Waals surface area contributed by atoms with Gasteiger partial charge in [0, 0.05) is 25.6 Å². The summed E-state index contributed by atoms with van der Waals surface area (Å²) in [6, 6.07) is 5.92. The summed E-state index contributed by atoms with van der Waals surface area (Å²) in [5, 5.41) is 2.73. The molecular formula is C16H23FN2O3S. The Bertz CT molecular complexity index is 625. The largest absolute Gasteiger partial charge is 0.352 e. The molecule has 0 saturated heterocycles. The maximum atomic E-state index is 12.8. The van der Waals surface area contributed by atoms with Gasteiger partial charge in [0.05, 0.1) is 6.26 Å². The lowest BCUT2D eigenvalue weighted by molar-refractivity contribution is -0.121. The van der Waals surface area contributed by atoms with Crippen molar-refractivity contribution < 1.29 is 17.6 Å². The summed E-state index contributed by atoms with van der Waals surface area (Å²) >= 11 is 0. The van der Waals surface area contributed by atoms with E-state index in [2.05, 4.69) is 5.32 Å². The molecule has 1 aliphatic carbocycles. The molecule has 0 radical (unpaired) electrons. The number of halogens is 1. The van der Waals surface area contributed by atoms with E-state index in [0.717, 1.165) is 31.2 Å². The average molecular weight is 342 g/mol. The quantitative estimate of drug-likeness (QED) is 0.824. The van der Waals surface area contributed by atoms with Crippen LogP contribution in [-0.2, 0) is 21.4 Å². The zero-order valence-electron chi connectivity index (χ0n) is 13.3. The van der Waals surface area contributed by atoms with Crippen LogP contribution >= 0.6 is 0 Å². The lowest BCUT2D eigenvalue weighted by Gasteiger charge is -2.26. The predicted molar refractivity (Wildman–Crippen MR) is 86.7 cm³/mol. The Morgan fingerprint density at radius 1 is 1.26 bits per heavy atom. The van der Waals surface area contributed by atoms with Crippen molar-refractivity contribution >= 4 is 15.9 Å². The number of nitrogens with one attached hydrogen (secondary N) is 1. The first-order valence-electron chi connectivity index (χ1n) is 7.84. The van der Waals surface area contributed by atoms with E-state index in [4.69, 9.17) is 0 Å². The van der Waals surface area contributed by atoms with Gasteiger partial charge in [0.25, 0.3) is 0 Å². The maximum Gasteiger partial charge on any atom is 0.221 e. The molecule has 0 aromatic heterocycles. The average Bonchev–Trinajstić information content (AvgIpc) is 2.99. The Kier molecular flexibility index (Phi) is 6.12. The molecule has 0 heterocycles. The van der Waals surface area contributed by atoms with Crippen LogP contribution < -0.4 is 5.32 Å². The van der Waals surface area contributed by atoms with Crippen LogP contribution in [0.3, 0.4) is 0 Å². The van der Waals surface area contributed by atoms with Gasteiger partial charge < -0.3 is 5.32 Å². The molecule has 1 fully saturated rings. The molecule has 1 aromatic carbocycles. The molecule has 1 N–H and O–H groups in total. The summed E-state index contributed by atoms with van der Waals surface area (Å²) < 4.78 is 38.1. The Balaban J connectivity index is 1.82. The standard InChI is InChI=1S/C16H23FN2O3S/c1-23(21,22)19(15-4-2-3-5-15)11-10-16(20)18-12-13-6-8-14(17)9-7-13/h6-9,15H,2-5,10-12H2,1H3,(H,18,20). The van der Waals surface area contributed by atoms with Gasteiger partial charge >= 0.3 is 0 Å².